The normalized spacial score (nSPS) is 18.6. The monoisotopic (exact) mass is 277 g/mol. The van der Waals surface area contributed by atoms with Crippen molar-refractivity contribution in [2.75, 3.05) is 20.1 Å². The Morgan fingerprint density at radius 2 is 2.25 bits per heavy atom. The van der Waals surface area contributed by atoms with E-state index in [1.807, 2.05) is 6.92 Å². The van der Waals surface area contributed by atoms with E-state index in [9.17, 15) is 14.9 Å². The molecule has 6 nitrogen and oxygen atoms in total. The van der Waals surface area contributed by atoms with Crippen molar-refractivity contribution in [1.82, 2.24) is 10.2 Å². The second-order valence-electron chi connectivity index (χ2n) is 5.19. The summed E-state index contributed by atoms with van der Waals surface area (Å²) in [7, 11) is 1.71. The topological polar surface area (TPSA) is 75.5 Å². The maximum Gasteiger partial charge on any atom is 0.282 e. The summed E-state index contributed by atoms with van der Waals surface area (Å²) in [6.45, 7) is 3.52. The average molecular weight is 277 g/mol. The molecule has 20 heavy (non-hydrogen) atoms. The van der Waals surface area contributed by atoms with Gasteiger partial charge in [0.2, 0.25) is 0 Å². The van der Waals surface area contributed by atoms with E-state index in [-0.39, 0.29) is 23.2 Å². The molecule has 1 amide bonds. The van der Waals surface area contributed by atoms with Gasteiger partial charge in [-0.1, -0.05) is 6.07 Å². The van der Waals surface area contributed by atoms with Gasteiger partial charge in [-0.15, -0.1) is 0 Å². The molecule has 1 aromatic carbocycles. The van der Waals surface area contributed by atoms with Crippen LogP contribution in [-0.4, -0.2) is 41.9 Å². The summed E-state index contributed by atoms with van der Waals surface area (Å²) >= 11 is 0. The van der Waals surface area contributed by atoms with Gasteiger partial charge >= 0.3 is 0 Å². The lowest BCUT2D eigenvalue weighted by Crippen LogP contribution is -2.46. The Bertz CT molecular complexity index is 524. The molecule has 1 heterocycles. The molecule has 1 N–H and O–H groups in total. The second kappa shape index (κ2) is 6.00. The van der Waals surface area contributed by atoms with E-state index in [2.05, 4.69) is 5.32 Å². The average Bonchev–Trinajstić information content (AvgIpc) is 2.46. The minimum atomic E-state index is -0.500. The van der Waals surface area contributed by atoms with Crippen LogP contribution in [0.15, 0.2) is 18.2 Å². The number of nitro groups is 1. The zero-order chi connectivity index (χ0) is 14.7. The molecule has 0 aromatic heterocycles. The summed E-state index contributed by atoms with van der Waals surface area (Å²) in [6.07, 6.45) is 1.94. The number of nitrogens with one attached hydrogen (secondary N) is 1. The van der Waals surface area contributed by atoms with Gasteiger partial charge in [0.05, 0.1) is 4.92 Å². The standard InChI is InChI=1S/C14H19N3O3/c1-10-5-6-13(17(19)20)12(8-10)14(18)16(2)11-4-3-7-15-9-11/h5-6,8,11,15H,3-4,7,9H2,1-2H3. The summed E-state index contributed by atoms with van der Waals surface area (Å²) < 4.78 is 0. The smallest absolute Gasteiger partial charge is 0.282 e. The minimum Gasteiger partial charge on any atom is -0.337 e. The first-order chi connectivity index (χ1) is 9.50. The van der Waals surface area contributed by atoms with Crippen LogP contribution in [-0.2, 0) is 0 Å². The van der Waals surface area contributed by atoms with E-state index in [0.29, 0.717) is 0 Å². The van der Waals surface area contributed by atoms with E-state index >= 15 is 0 Å². The quantitative estimate of drug-likeness (QED) is 0.674. The van der Waals surface area contributed by atoms with Gasteiger partial charge in [-0.3, -0.25) is 14.9 Å². The van der Waals surface area contributed by atoms with Crippen molar-refractivity contribution in [3.05, 3.63) is 39.4 Å². The van der Waals surface area contributed by atoms with Crippen LogP contribution < -0.4 is 5.32 Å². The Balaban J connectivity index is 2.27. The summed E-state index contributed by atoms with van der Waals surface area (Å²) in [6, 6.07) is 4.73. The minimum absolute atomic E-state index is 0.0939. The number of nitro benzene ring substituents is 1. The molecule has 0 bridgehead atoms. The predicted octanol–water partition coefficient (Wildman–Crippen LogP) is 1.73. The summed E-state index contributed by atoms with van der Waals surface area (Å²) in [4.78, 5) is 24.7. The number of hydrogen-bond donors (Lipinski definition) is 1. The predicted molar refractivity (Wildman–Crippen MR) is 75.8 cm³/mol. The molecule has 1 saturated heterocycles. The summed E-state index contributed by atoms with van der Waals surface area (Å²) in [5.41, 5.74) is 0.883. The highest BCUT2D eigenvalue weighted by Crippen LogP contribution is 2.22. The zero-order valence-electron chi connectivity index (χ0n) is 11.8. The third kappa shape index (κ3) is 2.96. The molecule has 2 rings (SSSR count). The molecule has 0 aliphatic carbocycles. The number of hydrogen-bond acceptors (Lipinski definition) is 4. The molecule has 1 atom stereocenters. The number of amides is 1. The largest absolute Gasteiger partial charge is 0.337 e. The van der Waals surface area contributed by atoms with Crippen molar-refractivity contribution in [3.63, 3.8) is 0 Å². The van der Waals surface area contributed by atoms with Gasteiger partial charge in [0, 0.05) is 25.7 Å². The van der Waals surface area contributed by atoms with Crippen LogP contribution in [0.4, 0.5) is 5.69 Å². The molecule has 0 radical (unpaired) electrons. The molecule has 1 aliphatic heterocycles. The molecule has 0 saturated carbocycles. The zero-order valence-corrected chi connectivity index (χ0v) is 11.8. The molecular weight excluding hydrogens is 258 g/mol. The van der Waals surface area contributed by atoms with Crippen LogP contribution in [0.5, 0.6) is 0 Å². The Morgan fingerprint density at radius 3 is 2.85 bits per heavy atom. The van der Waals surface area contributed by atoms with E-state index in [4.69, 9.17) is 0 Å². The van der Waals surface area contributed by atoms with Gasteiger partial charge in [0.25, 0.3) is 11.6 Å². The van der Waals surface area contributed by atoms with Gasteiger partial charge in [-0.25, -0.2) is 0 Å². The Labute approximate surface area is 117 Å². The second-order valence-corrected chi connectivity index (χ2v) is 5.19. The van der Waals surface area contributed by atoms with Crippen molar-refractivity contribution in [1.29, 1.82) is 0 Å². The number of carbonyl (C=O) groups is 1. The fourth-order valence-corrected chi connectivity index (χ4v) is 2.50. The molecule has 1 fully saturated rings. The lowest BCUT2D eigenvalue weighted by atomic mass is 10.0. The molecule has 6 heteroatoms. The van der Waals surface area contributed by atoms with E-state index in [1.165, 1.54) is 6.07 Å². The first-order valence-corrected chi connectivity index (χ1v) is 6.73. The van der Waals surface area contributed by atoms with E-state index < -0.39 is 4.92 Å². The van der Waals surface area contributed by atoms with Crippen LogP contribution in [0.1, 0.15) is 28.8 Å². The number of likely N-dealkylation sites (N-methyl/N-ethyl adjacent to an activating group) is 1. The molecule has 108 valence electrons. The SMILES string of the molecule is Cc1ccc([N+](=O)[O-])c(C(=O)N(C)C2CCCNC2)c1. The fourth-order valence-electron chi connectivity index (χ4n) is 2.50. The van der Waals surface area contributed by atoms with Crippen molar-refractivity contribution < 1.29 is 9.72 Å². The lowest BCUT2D eigenvalue weighted by molar-refractivity contribution is -0.385. The van der Waals surface area contributed by atoms with Crippen molar-refractivity contribution in [2.24, 2.45) is 0 Å². The van der Waals surface area contributed by atoms with Gasteiger partial charge in [0.15, 0.2) is 0 Å². The Kier molecular flexibility index (Phi) is 4.34. The van der Waals surface area contributed by atoms with E-state index in [0.717, 1.165) is 31.5 Å². The summed E-state index contributed by atoms with van der Waals surface area (Å²) in [5, 5.41) is 14.3. The molecule has 1 unspecified atom stereocenters. The first kappa shape index (κ1) is 14.5. The lowest BCUT2D eigenvalue weighted by Gasteiger charge is -2.31. The Hall–Kier alpha value is -1.95. The number of rotatable bonds is 3. The van der Waals surface area contributed by atoms with Crippen LogP contribution in [0.3, 0.4) is 0 Å². The van der Waals surface area contributed by atoms with Gasteiger partial charge in [-0.2, -0.15) is 0 Å². The molecule has 0 spiro atoms. The third-order valence-electron chi connectivity index (χ3n) is 3.72. The highest BCUT2D eigenvalue weighted by Gasteiger charge is 2.27. The number of aryl methyl sites for hydroxylation is 1. The number of piperidine rings is 1. The van der Waals surface area contributed by atoms with Crippen molar-refractivity contribution in [2.45, 2.75) is 25.8 Å². The Morgan fingerprint density at radius 1 is 1.50 bits per heavy atom. The fraction of sp³-hybridized carbons (Fsp3) is 0.500. The number of benzene rings is 1. The number of nitrogens with zero attached hydrogens (tertiary/aromatic N) is 2. The molecule has 1 aliphatic rings. The van der Waals surface area contributed by atoms with Gasteiger partial charge in [-0.05, 0) is 37.9 Å². The third-order valence-corrected chi connectivity index (χ3v) is 3.72. The van der Waals surface area contributed by atoms with Crippen molar-refractivity contribution >= 4 is 11.6 Å². The molecule has 1 aromatic rings. The van der Waals surface area contributed by atoms with Crippen LogP contribution in [0.25, 0.3) is 0 Å². The van der Waals surface area contributed by atoms with Crippen LogP contribution in [0, 0.1) is 17.0 Å². The maximum absolute atomic E-state index is 12.5. The van der Waals surface area contributed by atoms with Gasteiger partial charge in [0.1, 0.15) is 5.56 Å². The molecular formula is C14H19N3O3. The number of carbonyl (C=O) groups excluding carboxylic acids is 1. The van der Waals surface area contributed by atoms with Crippen LogP contribution >= 0.6 is 0 Å². The van der Waals surface area contributed by atoms with Crippen LogP contribution in [0.2, 0.25) is 0 Å². The van der Waals surface area contributed by atoms with Gasteiger partial charge < -0.3 is 10.2 Å². The maximum atomic E-state index is 12.5. The highest BCUT2D eigenvalue weighted by atomic mass is 16.6. The summed E-state index contributed by atoms with van der Waals surface area (Å²) in [5.74, 6) is -0.283. The van der Waals surface area contributed by atoms with E-state index in [1.54, 1.807) is 24.1 Å². The first-order valence-electron chi connectivity index (χ1n) is 6.73. The highest BCUT2D eigenvalue weighted by molar-refractivity contribution is 5.98. The van der Waals surface area contributed by atoms with Crippen molar-refractivity contribution in [3.8, 4) is 0 Å².